The third kappa shape index (κ3) is 3.07. The molecule has 3 aliphatic heterocycles. The van der Waals surface area contributed by atoms with E-state index in [1.807, 2.05) is 36.4 Å². The van der Waals surface area contributed by atoms with Crippen molar-refractivity contribution in [2.24, 2.45) is 0 Å². The lowest BCUT2D eigenvalue weighted by Crippen LogP contribution is -2.60. The van der Waals surface area contributed by atoms with Crippen LogP contribution >= 0.6 is 7.92 Å². The van der Waals surface area contributed by atoms with Crippen molar-refractivity contribution in [1.29, 1.82) is 0 Å². The van der Waals surface area contributed by atoms with Gasteiger partial charge in [-0.05, 0) is 19.0 Å². The summed E-state index contributed by atoms with van der Waals surface area (Å²) >= 11 is 0. The third-order valence-corrected chi connectivity index (χ3v) is 8.41. The van der Waals surface area contributed by atoms with Crippen molar-refractivity contribution < 1.29 is 19.1 Å². The summed E-state index contributed by atoms with van der Waals surface area (Å²) in [4.78, 5) is 13.2. The van der Waals surface area contributed by atoms with Crippen LogP contribution in [0.3, 0.4) is 0 Å². The van der Waals surface area contributed by atoms with E-state index in [4.69, 9.17) is 4.74 Å². The number of likely N-dealkylation sites (N-methyl/N-ethyl adjacent to an activating group) is 1. The molecule has 0 aromatic heterocycles. The standard InChI is InChI=1S/C21H25NO3P/c1-22-12-14-26(15-13-22)19(16-22)25-20(23)21(24,17-8-4-2-5-9-17)18-10-6-3-7-11-18/h2-11,19,24H,12-16H2,1H3/q+1. The van der Waals surface area contributed by atoms with Crippen molar-refractivity contribution in [3.05, 3.63) is 71.8 Å². The molecule has 5 rings (SSSR count). The van der Waals surface area contributed by atoms with Gasteiger partial charge in [0.15, 0.2) is 5.85 Å². The lowest BCUT2D eigenvalue weighted by Gasteiger charge is -2.50. The highest BCUT2D eigenvalue weighted by atomic mass is 31.1. The maximum atomic E-state index is 13.2. The van der Waals surface area contributed by atoms with Crippen molar-refractivity contribution in [3.63, 3.8) is 0 Å². The summed E-state index contributed by atoms with van der Waals surface area (Å²) in [6.07, 6.45) is 2.30. The Morgan fingerprint density at radius 2 is 1.54 bits per heavy atom. The number of quaternary nitrogens is 1. The summed E-state index contributed by atoms with van der Waals surface area (Å²) in [6, 6.07) is 18.2. The Labute approximate surface area is 155 Å². The number of fused-ring (bicyclic) bond motifs is 3. The summed E-state index contributed by atoms with van der Waals surface area (Å²) in [6.45, 7) is 3.24. The van der Waals surface area contributed by atoms with Crippen LogP contribution in [-0.2, 0) is 15.1 Å². The van der Waals surface area contributed by atoms with Crippen LogP contribution in [0.4, 0.5) is 0 Å². The highest BCUT2D eigenvalue weighted by Gasteiger charge is 2.48. The van der Waals surface area contributed by atoms with E-state index in [0.29, 0.717) is 11.1 Å². The lowest BCUT2D eigenvalue weighted by molar-refractivity contribution is -0.910. The maximum Gasteiger partial charge on any atom is 0.348 e. The zero-order valence-corrected chi connectivity index (χ0v) is 15.9. The summed E-state index contributed by atoms with van der Waals surface area (Å²) in [5.41, 5.74) is -0.680. The van der Waals surface area contributed by atoms with E-state index in [2.05, 4.69) is 7.05 Å². The number of rotatable bonds is 4. The summed E-state index contributed by atoms with van der Waals surface area (Å²) in [5, 5.41) is 11.5. The second-order valence-electron chi connectivity index (χ2n) is 7.59. The molecule has 5 heteroatoms. The molecule has 4 nitrogen and oxygen atoms in total. The predicted molar refractivity (Wildman–Crippen MR) is 103 cm³/mol. The van der Waals surface area contributed by atoms with Gasteiger partial charge in [0.2, 0.25) is 5.60 Å². The van der Waals surface area contributed by atoms with Gasteiger partial charge in [-0.25, -0.2) is 4.79 Å². The highest BCUT2D eigenvalue weighted by molar-refractivity contribution is 7.58. The van der Waals surface area contributed by atoms with Gasteiger partial charge in [0.25, 0.3) is 0 Å². The van der Waals surface area contributed by atoms with Crippen LogP contribution in [0.5, 0.6) is 0 Å². The van der Waals surface area contributed by atoms with E-state index < -0.39 is 11.6 Å². The number of carbonyl (C=O) groups excluding carboxylic acids is 1. The molecule has 136 valence electrons. The highest BCUT2D eigenvalue weighted by Crippen LogP contribution is 2.51. The second kappa shape index (κ2) is 6.77. The molecule has 26 heavy (non-hydrogen) atoms. The smallest absolute Gasteiger partial charge is 0.348 e. The molecule has 1 N–H and O–H groups in total. The van der Waals surface area contributed by atoms with Gasteiger partial charge in [-0.3, -0.25) is 0 Å². The Morgan fingerprint density at radius 3 is 2.00 bits per heavy atom. The predicted octanol–water partition coefficient (Wildman–Crippen LogP) is 2.75. The van der Waals surface area contributed by atoms with Crippen LogP contribution < -0.4 is 0 Å². The van der Waals surface area contributed by atoms with Crippen molar-refractivity contribution in [1.82, 2.24) is 0 Å². The molecule has 3 aliphatic rings. The minimum Gasteiger partial charge on any atom is -0.449 e. The van der Waals surface area contributed by atoms with Crippen LogP contribution in [0.2, 0.25) is 0 Å². The van der Waals surface area contributed by atoms with Crippen LogP contribution in [0.1, 0.15) is 11.1 Å². The summed E-state index contributed by atoms with van der Waals surface area (Å²) in [5.74, 6) is -0.605. The Morgan fingerprint density at radius 1 is 1.04 bits per heavy atom. The maximum absolute atomic E-state index is 13.2. The van der Waals surface area contributed by atoms with Gasteiger partial charge in [-0.2, -0.15) is 0 Å². The number of hydrogen-bond donors (Lipinski definition) is 1. The van der Waals surface area contributed by atoms with Crippen LogP contribution in [0.15, 0.2) is 60.7 Å². The summed E-state index contributed by atoms with van der Waals surface area (Å²) < 4.78 is 6.97. The molecular formula is C21H25NO3P+. The van der Waals surface area contributed by atoms with E-state index in [1.54, 1.807) is 24.3 Å². The van der Waals surface area contributed by atoms with Gasteiger partial charge < -0.3 is 14.3 Å². The topological polar surface area (TPSA) is 46.5 Å². The van der Waals surface area contributed by atoms with Gasteiger partial charge >= 0.3 is 5.97 Å². The molecule has 0 spiro atoms. The van der Waals surface area contributed by atoms with Crippen molar-refractivity contribution in [2.45, 2.75) is 11.4 Å². The fraction of sp³-hybridized carbons (Fsp3) is 0.381. The molecule has 0 aliphatic carbocycles. The Bertz CT molecular complexity index is 733. The van der Waals surface area contributed by atoms with Gasteiger partial charge in [0.05, 0.1) is 20.1 Å². The first-order valence-electron chi connectivity index (χ1n) is 9.13. The Balaban J connectivity index is 1.65. The van der Waals surface area contributed by atoms with E-state index in [9.17, 15) is 9.90 Å². The second-order valence-corrected chi connectivity index (χ2v) is 10.2. The quantitative estimate of drug-likeness (QED) is 0.511. The third-order valence-electron chi connectivity index (χ3n) is 5.78. The van der Waals surface area contributed by atoms with Gasteiger partial charge in [-0.1, -0.05) is 60.7 Å². The number of aliphatic hydroxyl groups is 1. The van der Waals surface area contributed by atoms with E-state index in [-0.39, 0.29) is 13.8 Å². The minimum atomic E-state index is -1.77. The molecule has 2 aromatic carbocycles. The fourth-order valence-corrected chi connectivity index (χ4v) is 7.16. The minimum absolute atomic E-state index is 0.0519. The molecule has 1 unspecified atom stereocenters. The van der Waals surface area contributed by atoms with E-state index in [0.717, 1.165) is 23.4 Å². The van der Waals surface area contributed by atoms with E-state index in [1.165, 1.54) is 13.1 Å². The molecule has 2 bridgehead atoms. The lowest BCUT2D eigenvalue weighted by atomic mass is 9.86. The number of carbonyl (C=O) groups is 1. The van der Waals surface area contributed by atoms with E-state index >= 15 is 0 Å². The van der Waals surface area contributed by atoms with Crippen molar-refractivity contribution in [3.8, 4) is 0 Å². The monoisotopic (exact) mass is 370 g/mol. The average Bonchev–Trinajstić information content (AvgIpc) is 2.69. The van der Waals surface area contributed by atoms with Crippen LogP contribution in [0, 0.1) is 0 Å². The molecule has 0 radical (unpaired) electrons. The number of esters is 1. The molecule has 2 aromatic rings. The molecule has 3 fully saturated rings. The normalized spacial score (nSPS) is 27.9. The molecule has 3 heterocycles. The number of ether oxygens (including phenoxy) is 1. The van der Waals surface area contributed by atoms with Gasteiger partial charge in [0, 0.05) is 12.3 Å². The van der Waals surface area contributed by atoms with Crippen LogP contribution in [0.25, 0.3) is 0 Å². The SMILES string of the molecule is C[N+]12CCP(CC1)C(OC(=O)C(O)(c1ccccc1)c1ccccc1)C2. The number of benzene rings is 2. The molecule has 0 amide bonds. The van der Waals surface area contributed by atoms with Crippen LogP contribution in [-0.4, -0.2) is 60.4 Å². The molecule has 0 saturated carbocycles. The fourth-order valence-electron chi connectivity index (χ4n) is 4.01. The molecule has 3 saturated heterocycles. The summed E-state index contributed by atoms with van der Waals surface area (Å²) in [7, 11) is 1.96. The first-order chi connectivity index (χ1) is 12.5. The zero-order valence-electron chi connectivity index (χ0n) is 15.0. The van der Waals surface area contributed by atoms with Gasteiger partial charge in [-0.15, -0.1) is 0 Å². The zero-order chi connectivity index (χ0) is 18.2. The van der Waals surface area contributed by atoms with Crippen molar-refractivity contribution in [2.75, 3.05) is 39.0 Å². The number of hydrogen-bond acceptors (Lipinski definition) is 3. The van der Waals surface area contributed by atoms with Crippen molar-refractivity contribution >= 4 is 13.9 Å². The first-order valence-corrected chi connectivity index (χ1v) is 10.9. The van der Waals surface area contributed by atoms with Gasteiger partial charge in [0.1, 0.15) is 6.54 Å². The number of nitrogens with zero attached hydrogens (tertiary/aromatic N) is 1. The first kappa shape index (κ1) is 17.7. The average molecular weight is 370 g/mol. The molecule has 1 atom stereocenters. The Kier molecular flexibility index (Phi) is 4.60. The molecular weight excluding hydrogens is 345 g/mol. The Hall–Kier alpha value is -1.74. The largest absolute Gasteiger partial charge is 0.449 e.